The molecule has 1 amide bonds. The topological polar surface area (TPSA) is 99.8 Å². The van der Waals surface area contributed by atoms with E-state index in [1.807, 2.05) is 36.4 Å². The average Bonchev–Trinajstić information content (AvgIpc) is 3.08. The predicted octanol–water partition coefficient (Wildman–Crippen LogP) is 4.48. The molecule has 0 saturated carbocycles. The Labute approximate surface area is 161 Å². The maximum absolute atomic E-state index is 13.0. The third kappa shape index (κ3) is 3.65. The van der Waals surface area contributed by atoms with Gasteiger partial charge in [0.2, 0.25) is 5.91 Å². The molecule has 3 aromatic carbocycles. The number of benzene rings is 3. The summed E-state index contributed by atoms with van der Waals surface area (Å²) >= 11 is 0. The summed E-state index contributed by atoms with van der Waals surface area (Å²) in [5.74, 6) is -1.26. The van der Waals surface area contributed by atoms with Gasteiger partial charge in [-0.3, -0.25) is 9.36 Å². The summed E-state index contributed by atoms with van der Waals surface area (Å²) in [4.78, 5) is 22.5. The molecule has 0 radical (unpaired) electrons. The lowest BCUT2D eigenvalue weighted by Crippen LogP contribution is -2.22. The molecule has 0 bridgehead atoms. The van der Waals surface area contributed by atoms with Crippen LogP contribution in [0.15, 0.2) is 71.3 Å². The molecule has 0 aliphatic rings. The van der Waals surface area contributed by atoms with Gasteiger partial charge in [0.25, 0.3) is 0 Å². The number of furan rings is 1. The molecule has 0 aliphatic carbocycles. The Morgan fingerprint density at radius 3 is 2.64 bits per heavy atom. The monoisotopic (exact) mass is 395 g/mol. The van der Waals surface area contributed by atoms with Gasteiger partial charge in [0.1, 0.15) is 11.3 Å². The van der Waals surface area contributed by atoms with E-state index in [-0.39, 0.29) is 11.9 Å². The maximum Gasteiger partial charge on any atom is 0.232 e. The number of amides is 1. The molecule has 1 heterocycles. The van der Waals surface area contributed by atoms with Crippen molar-refractivity contribution in [1.82, 2.24) is 0 Å². The first kappa shape index (κ1) is 18.3. The zero-order chi connectivity index (χ0) is 19.7. The van der Waals surface area contributed by atoms with Crippen LogP contribution in [0.4, 0.5) is 5.69 Å². The van der Waals surface area contributed by atoms with E-state index < -0.39 is 19.9 Å². The van der Waals surface area contributed by atoms with Crippen molar-refractivity contribution < 1.29 is 23.8 Å². The van der Waals surface area contributed by atoms with Crippen molar-refractivity contribution >= 4 is 41.4 Å². The number of carbonyl (C=O) groups excluding carboxylic acids is 1. The Morgan fingerprint density at radius 2 is 1.86 bits per heavy atom. The Kier molecular flexibility index (Phi) is 4.90. The standard InChI is InChI=1S/C21H18NO5P/c23-16-7-8-20-17(10-16)18(11-27-20)19(12-28(25)26)21(24)22-15-6-5-13-3-1-2-4-14(13)9-15/h1-11,19,23,28H,12H2,(H,22,24)(H,25,26). The van der Waals surface area contributed by atoms with Crippen molar-refractivity contribution in [2.24, 2.45) is 0 Å². The first-order valence-electron chi connectivity index (χ1n) is 8.73. The molecule has 0 saturated heterocycles. The van der Waals surface area contributed by atoms with E-state index in [0.29, 0.717) is 22.2 Å². The first-order chi connectivity index (χ1) is 13.5. The number of hydrogen-bond acceptors (Lipinski definition) is 4. The highest BCUT2D eigenvalue weighted by atomic mass is 31.1. The van der Waals surface area contributed by atoms with E-state index in [1.54, 1.807) is 12.1 Å². The molecule has 3 N–H and O–H groups in total. The third-order valence-corrected chi connectivity index (χ3v) is 5.43. The summed E-state index contributed by atoms with van der Waals surface area (Å²) in [6.07, 6.45) is 1.19. The molecule has 6 nitrogen and oxygen atoms in total. The van der Waals surface area contributed by atoms with Crippen molar-refractivity contribution in [1.29, 1.82) is 0 Å². The van der Waals surface area contributed by atoms with Gasteiger partial charge >= 0.3 is 0 Å². The maximum atomic E-state index is 13.0. The van der Waals surface area contributed by atoms with E-state index in [0.717, 1.165) is 10.8 Å². The first-order valence-corrected chi connectivity index (χ1v) is 10.3. The minimum Gasteiger partial charge on any atom is -0.508 e. The van der Waals surface area contributed by atoms with Gasteiger partial charge in [-0.2, -0.15) is 0 Å². The lowest BCUT2D eigenvalue weighted by molar-refractivity contribution is -0.117. The number of hydrogen-bond donors (Lipinski definition) is 3. The number of fused-ring (bicyclic) bond motifs is 2. The summed E-state index contributed by atoms with van der Waals surface area (Å²) in [6.45, 7) is 0. The molecule has 0 spiro atoms. The second kappa shape index (κ2) is 7.50. The van der Waals surface area contributed by atoms with Crippen molar-refractivity contribution in [3.8, 4) is 5.75 Å². The second-order valence-corrected chi connectivity index (χ2v) is 7.77. The summed E-state index contributed by atoms with van der Waals surface area (Å²) in [7, 11) is -2.92. The smallest absolute Gasteiger partial charge is 0.232 e. The highest BCUT2D eigenvalue weighted by Gasteiger charge is 2.26. The van der Waals surface area contributed by atoms with Crippen LogP contribution >= 0.6 is 8.03 Å². The fraction of sp³-hybridized carbons (Fsp3) is 0.0952. The van der Waals surface area contributed by atoms with Crippen LogP contribution in [-0.2, 0) is 9.36 Å². The van der Waals surface area contributed by atoms with Crippen LogP contribution in [0, 0.1) is 0 Å². The molecule has 4 rings (SSSR count). The van der Waals surface area contributed by atoms with Crippen LogP contribution in [0.25, 0.3) is 21.7 Å². The van der Waals surface area contributed by atoms with E-state index in [2.05, 4.69) is 5.32 Å². The van der Waals surface area contributed by atoms with Crippen LogP contribution in [-0.4, -0.2) is 22.1 Å². The van der Waals surface area contributed by atoms with E-state index in [4.69, 9.17) is 4.42 Å². The van der Waals surface area contributed by atoms with Crippen LogP contribution < -0.4 is 5.32 Å². The minimum absolute atomic E-state index is 0.0282. The number of nitrogens with one attached hydrogen (secondary N) is 1. The molecular weight excluding hydrogens is 377 g/mol. The normalized spacial score (nSPS) is 13.5. The van der Waals surface area contributed by atoms with Crippen LogP contribution in [0.1, 0.15) is 11.5 Å². The van der Waals surface area contributed by atoms with Crippen LogP contribution in [0.3, 0.4) is 0 Å². The van der Waals surface area contributed by atoms with Crippen LogP contribution in [0.2, 0.25) is 0 Å². The number of anilines is 1. The summed E-state index contributed by atoms with van der Waals surface area (Å²) in [5.41, 5.74) is 1.56. The molecule has 28 heavy (non-hydrogen) atoms. The summed E-state index contributed by atoms with van der Waals surface area (Å²) < 4.78 is 17.0. The molecule has 2 atom stereocenters. The average molecular weight is 395 g/mol. The largest absolute Gasteiger partial charge is 0.508 e. The predicted molar refractivity (Wildman–Crippen MR) is 109 cm³/mol. The van der Waals surface area contributed by atoms with E-state index >= 15 is 0 Å². The molecule has 0 fully saturated rings. The van der Waals surface area contributed by atoms with Crippen molar-refractivity contribution in [3.05, 3.63) is 72.5 Å². The quantitative estimate of drug-likeness (QED) is 0.433. The zero-order valence-electron chi connectivity index (χ0n) is 14.8. The lowest BCUT2D eigenvalue weighted by atomic mass is 9.99. The van der Waals surface area contributed by atoms with Crippen molar-refractivity contribution in [3.63, 3.8) is 0 Å². The van der Waals surface area contributed by atoms with Gasteiger partial charge in [-0.1, -0.05) is 30.3 Å². The third-order valence-electron chi connectivity index (χ3n) is 4.67. The molecule has 1 aromatic heterocycles. The Hall–Kier alpha value is -3.08. The molecule has 0 aliphatic heterocycles. The van der Waals surface area contributed by atoms with Crippen LogP contribution in [0.5, 0.6) is 5.75 Å². The summed E-state index contributed by atoms with van der Waals surface area (Å²) in [6, 6.07) is 17.9. The Balaban J connectivity index is 1.68. The highest BCUT2D eigenvalue weighted by Crippen LogP contribution is 2.35. The number of phenols is 1. The Morgan fingerprint density at radius 1 is 1.07 bits per heavy atom. The lowest BCUT2D eigenvalue weighted by Gasteiger charge is -2.15. The van der Waals surface area contributed by atoms with Gasteiger partial charge in [0.05, 0.1) is 12.2 Å². The SMILES string of the molecule is O=C(Nc1ccc2ccccc2c1)C(C[PH](=O)O)c1coc2ccc(O)cc12. The molecule has 2 unspecified atom stereocenters. The molecule has 142 valence electrons. The van der Waals surface area contributed by atoms with Gasteiger partial charge in [-0.05, 0) is 41.1 Å². The van der Waals surface area contributed by atoms with E-state index in [9.17, 15) is 19.4 Å². The van der Waals surface area contributed by atoms with Gasteiger partial charge in [-0.15, -0.1) is 0 Å². The van der Waals surface area contributed by atoms with Gasteiger partial charge in [0, 0.05) is 22.8 Å². The number of phenolic OH excluding ortho intramolecular Hbond substituents is 1. The van der Waals surface area contributed by atoms with Gasteiger partial charge < -0.3 is 19.7 Å². The summed E-state index contributed by atoms with van der Waals surface area (Å²) in [5, 5.41) is 15.2. The molecule has 4 aromatic rings. The number of rotatable bonds is 5. The number of carbonyl (C=O) groups is 1. The second-order valence-electron chi connectivity index (χ2n) is 6.57. The molecule has 7 heteroatoms. The molecular formula is C21H18NO5P. The van der Waals surface area contributed by atoms with Crippen molar-refractivity contribution in [2.75, 3.05) is 11.5 Å². The van der Waals surface area contributed by atoms with Gasteiger partial charge in [-0.25, -0.2) is 0 Å². The van der Waals surface area contributed by atoms with E-state index in [1.165, 1.54) is 18.4 Å². The zero-order valence-corrected chi connectivity index (χ0v) is 15.8. The highest BCUT2D eigenvalue weighted by molar-refractivity contribution is 7.38. The van der Waals surface area contributed by atoms with Gasteiger partial charge in [0.15, 0.2) is 8.03 Å². The fourth-order valence-electron chi connectivity index (χ4n) is 3.32. The van der Waals surface area contributed by atoms with Crippen molar-refractivity contribution in [2.45, 2.75) is 5.92 Å². The number of aromatic hydroxyl groups is 1. The Bertz CT molecular complexity index is 1200. The fourth-order valence-corrected chi connectivity index (χ4v) is 4.08. The minimum atomic E-state index is -2.92.